The predicted molar refractivity (Wildman–Crippen MR) is 80.2 cm³/mol. The zero-order chi connectivity index (χ0) is 13.9. The van der Waals surface area contributed by atoms with Gasteiger partial charge in [0.25, 0.3) is 0 Å². The van der Waals surface area contributed by atoms with Crippen LogP contribution in [0.4, 0.5) is 0 Å². The Morgan fingerprint density at radius 3 is 2.70 bits per heavy atom. The summed E-state index contributed by atoms with van der Waals surface area (Å²) in [7, 11) is 2.13. The molecule has 2 heterocycles. The highest BCUT2D eigenvalue weighted by Crippen LogP contribution is 2.18. The second kappa shape index (κ2) is 5.43. The fourth-order valence-electron chi connectivity index (χ4n) is 2.47. The molecule has 0 fully saturated rings. The number of aromatic amines is 1. The Bertz CT molecular complexity index is 712. The van der Waals surface area contributed by atoms with Crippen LogP contribution >= 0.6 is 0 Å². The molecule has 20 heavy (non-hydrogen) atoms. The SMILES string of the molecule is Cc1[nH]ncc1CN(C)Cc1ccnc2ccccc12. The van der Waals surface area contributed by atoms with Crippen LogP contribution in [0.3, 0.4) is 0 Å². The van der Waals surface area contributed by atoms with Gasteiger partial charge in [0.05, 0.1) is 11.7 Å². The molecule has 0 radical (unpaired) electrons. The number of H-pyrrole nitrogens is 1. The molecular weight excluding hydrogens is 248 g/mol. The number of hydrogen-bond acceptors (Lipinski definition) is 3. The van der Waals surface area contributed by atoms with E-state index in [2.05, 4.69) is 58.3 Å². The third-order valence-corrected chi connectivity index (χ3v) is 3.55. The van der Waals surface area contributed by atoms with Crippen LogP contribution in [0, 0.1) is 6.92 Å². The monoisotopic (exact) mass is 266 g/mol. The van der Waals surface area contributed by atoms with Gasteiger partial charge in [0.2, 0.25) is 0 Å². The van der Waals surface area contributed by atoms with Crippen molar-refractivity contribution in [3.63, 3.8) is 0 Å². The first-order chi connectivity index (χ1) is 9.74. The summed E-state index contributed by atoms with van der Waals surface area (Å²) in [5, 5.41) is 8.28. The van der Waals surface area contributed by atoms with E-state index < -0.39 is 0 Å². The highest BCUT2D eigenvalue weighted by atomic mass is 15.1. The number of benzene rings is 1. The Morgan fingerprint density at radius 1 is 1.10 bits per heavy atom. The van der Waals surface area contributed by atoms with Crippen LogP contribution in [-0.4, -0.2) is 27.1 Å². The minimum absolute atomic E-state index is 0.888. The van der Waals surface area contributed by atoms with Crippen molar-refractivity contribution < 1.29 is 0 Å². The lowest BCUT2D eigenvalue weighted by atomic mass is 10.1. The largest absolute Gasteiger partial charge is 0.298 e. The maximum absolute atomic E-state index is 4.41. The predicted octanol–water partition coefficient (Wildman–Crippen LogP) is 2.90. The normalized spacial score (nSPS) is 11.3. The second-order valence-electron chi connectivity index (χ2n) is 5.18. The number of nitrogens with zero attached hydrogens (tertiary/aromatic N) is 3. The Morgan fingerprint density at radius 2 is 1.90 bits per heavy atom. The summed E-state index contributed by atoms with van der Waals surface area (Å²) in [4.78, 5) is 6.70. The number of hydrogen-bond donors (Lipinski definition) is 1. The summed E-state index contributed by atoms with van der Waals surface area (Å²) in [6.07, 6.45) is 3.78. The fourth-order valence-corrected chi connectivity index (χ4v) is 2.47. The van der Waals surface area contributed by atoms with Crippen molar-refractivity contribution in [2.75, 3.05) is 7.05 Å². The molecule has 0 saturated carbocycles. The molecule has 4 nitrogen and oxygen atoms in total. The first-order valence-corrected chi connectivity index (χ1v) is 6.74. The average molecular weight is 266 g/mol. The zero-order valence-electron chi connectivity index (χ0n) is 11.8. The van der Waals surface area contributed by atoms with Crippen molar-refractivity contribution >= 4 is 10.9 Å². The number of pyridine rings is 1. The van der Waals surface area contributed by atoms with Gasteiger partial charge in [-0.25, -0.2) is 0 Å². The van der Waals surface area contributed by atoms with Crippen LogP contribution in [-0.2, 0) is 13.1 Å². The van der Waals surface area contributed by atoms with Gasteiger partial charge >= 0.3 is 0 Å². The summed E-state index contributed by atoms with van der Waals surface area (Å²) in [5.74, 6) is 0. The van der Waals surface area contributed by atoms with Crippen molar-refractivity contribution in [2.24, 2.45) is 0 Å². The van der Waals surface area contributed by atoms with Crippen LogP contribution in [0.5, 0.6) is 0 Å². The van der Waals surface area contributed by atoms with Crippen molar-refractivity contribution in [3.8, 4) is 0 Å². The fraction of sp³-hybridized carbons (Fsp3) is 0.250. The first-order valence-electron chi connectivity index (χ1n) is 6.74. The maximum Gasteiger partial charge on any atom is 0.0705 e. The van der Waals surface area contributed by atoms with Gasteiger partial charge in [-0.1, -0.05) is 18.2 Å². The van der Waals surface area contributed by atoms with Gasteiger partial charge in [-0.2, -0.15) is 5.10 Å². The van der Waals surface area contributed by atoms with Gasteiger partial charge in [0.15, 0.2) is 0 Å². The number of fused-ring (bicyclic) bond motifs is 1. The van der Waals surface area contributed by atoms with Gasteiger partial charge in [-0.15, -0.1) is 0 Å². The minimum Gasteiger partial charge on any atom is -0.298 e. The second-order valence-corrected chi connectivity index (χ2v) is 5.18. The number of rotatable bonds is 4. The molecule has 3 aromatic rings. The Kier molecular flexibility index (Phi) is 3.48. The lowest BCUT2D eigenvalue weighted by Crippen LogP contribution is -2.17. The number of nitrogens with one attached hydrogen (secondary N) is 1. The standard InChI is InChI=1S/C16H18N4/c1-12-14(9-18-19-12)11-20(2)10-13-7-8-17-16-6-4-3-5-15(13)16/h3-9H,10-11H2,1-2H3,(H,18,19). The number of aryl methyl sites for hydroxylation is 1. The molecule has 0 amide bonds. The van der Waals surface area contributed by atoms with E-state index in [0.29, 0.717) is 0 Å². The highest BCUT2D eigenvalue weighted by molar-refractivity contribution is 5.81. The molecule has 2 aromatic heterocycles. The average Bonchev–Trinajstić information content (AvgIpc) is 2.85. The lowest BCUT2D eigenvalue weighted by Gasteiger charge is -2.17. The van der Waals surface area contributed by atoms with E-state index in [1.165, 1.54) is 16.5 Å². The number of para-hydroxylation sites is 1. The van der Waals surface area contributed by atoms with Crippen LogP contribution in [0.2, 0.25) is 0 Å². The maximum atomic E-state index is 4.41. The third kappa shape index (κ3) is 2.56. The number of aromatic nitrogens is 3. The molecule has 0 bridgehead atoms. The molecule has 0 atom stereocenters. The van der Waals surface area contributed by atoms with Crippen molar-refractivity contribution in [2.45, 2.75) is 20.0 Å². The lowest BCUT2D eigenvalue weighted by molar-refractivity contribution is 0.319. The Balaban J connectivity index is 1.81. The van der Waals surface area contributed by atoms with Crippen molar-refractivity contribution in [3.05, 3.63) is 59.5 Å². The van der Waals surface area contributed by atoms with Crippen LogP contribution in [0.25, 0.3) is 10.9 Å². The summed E-state index contributed by atoms with van der Waals surface area (Å²) in [5.41, 5.74) is 4.74. The van der Waals surface area contributed by atoms with Gasteiger partial charge in [-0.3, -0.25) is 15.0 Å². The van der Waals surface area contributed by atoms with Crippen LogP contribution in [0.1, 0.15) is 16.8 Å². The summed E-state index contributed by atoms with van der Waals surface area (Å²) in [6.45, 7) is 3.84. The van der Waals surface area contributed by atoms with E-state index in [1.807, 2.05) is 18.5 Å². The zero-order valence-corrected chi connectivity index (χ0v) is 11.8. The Labute approximate surface area is 118 Å². The van der Waals surface area contributed by atoms with Crippen LogP contribution in [0.15, 0.2) is 42.7 Å². The van der Waals surface area contributed by atoms with E-state index in [0.717, 1.165) is 24.3 Å². The quantitative estimate of drug-likeness (QED) is 0.789. The molecule has 1 N–H and O–H groups in total. The molecule has 0 aliphatic heterocycles. The van der Waals surface area contributed by atoms with Gasteiger partial charge in [0.1, 0.15) is 0 Å². The summed E-state index contributed by atoms with van der Waals surface area (Å²) < 4.78 is 0. The minimum atomic E-state index is 0.888. The van der Waals surface area contributed by atoms with Gasteiger partial charge < -0.3 is 0 Å². The molecule has 0 aliphatic carbocycles. The van der Waals surface area contributed by atoms with E-state index in [4.69, 9.17) is 0 Å². The first kappa shape index (κ1) is 12.8. The topological polar surface area (TPSA) is 44.8 Å². The van der Waals surface area contributed by atoms with Crippen LogP contribution < -0.4 is 0 Å². The smallest absolute Gasteiger partial charge is 0.0705 e. The molecule has 1 aromatic carbocycles. The van der Waals surface area contributed by atoms with Crippen molar-refractivity contribution in [1.29, 1.82) is 0 Å². The van der Waals surface area contributed by atoms with Gasteiger partial charge in [0, 0.05) is 35.9 Å². The van der Waals surface area contributed by atoms with E-state index >= 15 is 0 Å². The summed E-state index contributed by atoms with van der Waals surface area (Å²) in [6, 6.07) is 10.4. The molecule has 0 spiro atoms. The van der Waals surface area contributed by atoms with E-state index in [-0.39, 0.29) is 0 Å². The molecule has 4 heteroatoms. The van der Waals surface area contributed by atoms with E-state index in [9.17, 15) is 0 Å². The van der Waals surface area contributed by atoms with Gasteiger partial charge in [-0.05, 0) is 31.7 Å². The summed E-state index contributed by atoms with van der Waals surface area (Å²) >= 11 is 0. The molecular formula is C16H18N4. The molecule has 102 valence electrons. The Hall–Kier alpha value is -2.20. The molecule has 0 unspecified atom stereocenters. The molecule has 3 rings (SSSR count). The van der Waals surface area contributed by atoms with E-state index in [1.54, 1.807) is 0 Å². The third-order valence-electron chi connectivity index (χ3n) is 3.55. The highest BCUT2D eigenvalue weighted by Gasteiger charge is 2.08. The van der Waals surface area contributed by atoms with Crippen molar-refractivity contribution in [1.82, 2.24) is 20.1 Å². The molecule has 0 aliphatic rings. The molecule has 0 saturated heterocycles.